The second-order valence-corrected chi connectivity index (χ2v) is 7.35. The zero-order valence-electron chi connectivity index (χ0n) is 11.8. The fraction of sp³-hybridized carbons (Fsp3) is 0.571. The zero-order chi connectivity index (χ0) is 14.8. The minimum Gasteiger partial charge on any atom is -0.244 e. The molecule has 20 heavy (non-hydrogen) atoms. The van der Waals surface area contributed by atoms with E-state index >= 15 is 0 Å². The second-order valence-electron chi connectivity index (χ2n) is 5.45. The van der Waals surface area contributed by atoms with E-state index in [0.29, 0.717) is 24.9 Å². The Labute approximate surface area is 120 Å². The quantitative estimate of drug-likeness (QED) is 0.854. The molecule has 1 fully saturated rings. The van der Waals surface area contributed by atoms with E-state index in [4.69, 9.17) is 5.26 Å². The number of pyridine rings is 1. The van der Waals surface area contributed by atoms with E-state index in [1.165, 1.54) is 16.6 Å². The molecule has 108 valence electrons. The van der Waals surface area contributed by atoms with Gasteiger partial charge in [0.15, 0.2) is 5.69 Å². The fourth-order valence-electron chi connectivity index (χ4n) is 2.60. The third-order valence-corrected chi connectivity index (χ3v) is 5.87. The lowest BCUT2D eigenvalue weighted by molar-refractivity contribution is 0.226. The lowest BCUT2D eigenvalue weighted by atomic mass is 9.87. The first-order valence-corrected chi connectivity index (χ1v) is 8.26. The molecule has 2 heterocycles. The molecule has 0 bridgehead atoms. The van der Waals surface area contributed by atoms with Crippen LogP contribution in [0.2, 0.25) is 0 Å². The van der Waals surface area contributed by atoms with E-state index in [9.17, 15) is 8.42 Å². The van der Waals surface area contributed by atoms with Gasteiger partial charge in [0.2, 0.25) is 10.0 Å². The van der Waals surface area contributed by atoms with Crippen molar-refractivity contribution in [1.29, 1.82) is 5.26 Å². The Morgan fingerprint density at radius 2 is 2.05 bits per heavy atom. The molecule has 1 aliphatic heterocycles. The van der Waals surface area contributed by atoms with Gasteiger partial charge in [-0.05, 0) is 36.8 Å². The van der Waals surface area contributed by atoms with E-state index < -0.39 is 10.0 Å². The summed E-state index contributed by atoms with van der Waals surface area (Å²) < 4.78 is 26.6. The van der Waals surface area contributed by atoms with Gasteiger partial charge in [0, 0.05) is 19.3 Å². The van der Waals surface area contributed by atoms with Crippen LogP contribution in [-0.4, -0.2) is 30.8 Å². The van der Waals surface area contributed by atoms with E-state index in [-0.39, 0.29) is 10.6 Å². The Morgan fingerprint density at radius 1 is 1.40 bits per heavy atom. The molecule has 0 radical (unpaired) electrons. The predicted molar refractivity (Wildman–Crippen MR) is 75.3 cm³/mol. The van der Waals surface area contributed by atoms with Crippen LogP contribution in [0.5, 0.6) is 0 Å². The molecular weight excluding hydrogens is 274 g/mol. The molecule has 0 amide bonds. The number of sulfonamides is 1. The summed E-state index contributed by atoms with van der Waals surface area (Å²) in [5.74, 6) is 1.15. The molecule has 0 atom stereocenters. The standard InChI is InChI=1S/C14H19N3O2S/c1-11(2)12-5-8-17(9-6-12)20(18,19)14-4-3-7-16-13(14)10-15/h3-4,7,11-12H,5-6,8-9H2,1-2H3. The summed E-state index contributed by atoms with van der Waals surface area (Å²) in [6.45, 7) is 5.38. The van der Waals surface area contributed by atoms with Crippen LogP contribution in [0.4, 0.5) is 0 Å². The largest absolute Gasteiger partial charge is 0.245 e. The molecular formula is C14H19N3O2S. The molecule has 1 aromatic rings. The van der Waals surface area contributed by atoms with Crippen molar-refractivity contribution >= 4 is 10.0 Å². The van der Waals surface area contributed by atoms with Gasteiger partial charge in [0.1, 0.15) is 11.0 Å². The predicted octanol–water partition coefficient (Wildman–Crippen LogP) is 2.01. The third kappa shape index (κ3) is 2.84. The summed E-state index contributed by atoms with van der Waals surface area (Å²) in [6, 6.07) is 4.85. The minimum absolute atomic E-state index is 0.0190. The Hall–Kier alpha value is -1.45. The maximum Gasteiger partial charge on any atom is 0.245 e. The topological polar surface area (TPSA) is 74.1 Å². The summed E-state index contributed by atoms with van der Waals surface area (Å²) >= 11 is 0. The highest BCUT2D eigenvalue weighted by Crippen LogP contribution is 2.28. The van der Waals surface area contributed by atoms with Crippen LogP contribution >= 0.6 is 0 Å². The number of piperidine rings is 1. The monoisotopic (exact) mass is 293 g/mol. The van der Waals surface area contributed by atoms with E-state index in [2.05, 4.69) is 18.8 Å². The van der Waals surface area contributed by atoms with Crippen molar-refractivity contribution in [3.8, 4) is 6.07 Å². The van der Waals surface area contributed by atoms with Crippen LogP contribution in [-0.2, 0) is 10.0 Å². The first kappa shape index (κ1) is 14.9. The molecule has 0 saturated carbocycles. The van der Waals surface area contributed by atoms with Crippen molar-refractivity contribution in [2.45, 2.75) is 31.6 Å². The van der Waals surface area contributed by atoms with Gasteiger partial charge in [0.05, 0.1) is 0 Å². The molecule has 1 saturated heterocycles. The smallest absolute Gasteiger partial charge is 0.244 e. The van der Waals surface area contributed by atoms with Crippen molar-refractivity contribution in [3.63, 3.8) is 0 Å². The van der Waals surface area contributed by atoms with Gasteiger partial charge < -0.3 is 0 Å². The molecule has 0 spiro atoms. The van der Waals surface area contributed by atoms with Crippen LogP contribution in [0.25, 0.3) is 0 Å². The maximum absolute atomic E-state index is 12.6. The van der Waals surface area contributed by atoms with E-state index in [1.807, 2.05) is 6.07 Å². The van der Waals surface area contributed by atoms with Gasteiger partial charge in [0.25, 0.3) is 0 Å². The molecule has 1 aromatic heterocycles. The highest BCUT2D eigenvalue weighted by atomic mass is 32.2. The van der Waals surface area contributed by atoms with Crippen LogP contribution in [0, 0.1) is 23.2 Å². The van der Waals surface area contributed by atoms with Gasteiger partial charge >= 0.3 is 0 Å². The fourth-order valence-corrected chi connectivity index (χ4v) is 4.17. The van der Waals surface area contributed by atoms with Crippen molar-refractivity contribution in [2.24, 2.45) is 11.8 Å². The average Bonchev–Trinajstić information content (AvgIpc) is 2.47. The van der Waals surface area contributed by atoms with Crippen molar-refractivity contribution in [1.82, 2.24) is 9.29 Å². The van der Waals surface area contributed by atoms with Crippen molar-refractivity contribution < 1.29 is 8.42 Å². The lowest BCUT2D eigenvalue weighted by Crippen LogP contribution is -2.39. The molecule has 0 N–H and O–H groups in total. The SMILES string of the molecule is CC(C)C1CCN(S(=O)(=O)c2cccnc2C#N)CC1. The normalized spacial score (nSPS) is 18.1. The molecule has 2 rings (SSSR count). The van der Waals surface area contributed by atoms with Gasteiger partial charge in [-0.15, -0.1) is 0 Å². The molecule has 0 unspecified atom stereocenters. The highest BCUT2D eigenvalue weighted by Gasteiger charge is 2.32. The van der Waals surface area contributed by atoms with Crippen LogP contribution in [0.1, 0.15) is 32.4 Å². The van der Waals surface area contributed by atoms with Crippen LogP contribution in [0.3, 0.4) is 0 Å². The lowest BCUT2D eigenvalue weighted by Gasteiger charge is -2.33. The number of hydrogen-bond donors (Lipinski definition) is 0. The summed E-state index contributed by atoms with van der Waals surface area (Å²) in [6.07, 6.45) is 3.18. The third-order valence-electron chi connectivity index (χ3n) is 3.94. The van der Waals surface area contributed by atoms with Crippen molar-refractivity contribution in [3.05, 3.63) is 24.0 Å². The molecule has 0 aromatic carbocycles. The van der Waals surface area contributed by atoms with Gasteiger partial charge in [-0.2, -0.15) is 9.57 Å². The number of nitrogens with zero attached hydrogens (tertiary/aromatic N) is 3. The zero-order valence-corrected chi connectivity index (χ0v) is 12.6. The van der Waals surface area contributed by atoms with Crippen molar-refractivity contribution in [2.75, 3.05) is 13.1 Å². The molecule has 6 heteroatoms. The average molecular weight is 293 g/mol. The molecule has 5 nitrogen and oxygen atoms in total. The summed E-state index contributed by atoms with van der Waals surface area (Å²) in [5.41, 5.74) is -0.0292. The highest BCUT2D eigenvalue weighted by molar-refractivity contribution is 7.89. The van der Waals surface area contributed by atoms with Gasteiger partial charge in [-0.1, -0.05) is 13.8 Å². The Balaban J connectivity index is 2.23. The second kappa shape index (κ2) is 5.90. The summed E-state index contributed by atoms with van der Waals surface area (Å²) in [5, 5.41) is 9.00. The first-order valence-electron chi connectivity index (χ1n) is 6.82. The first-order chi connectivity index (χ1) is 9.46. The Kier molecular flexibility index (Phi) is 4.41. The van der Waals surface area contributed by atoms with E-state index in [0.717, 1.165) is 12.8 Å². The number of aromatic nitrogens is 1. The number of rotatable bonds is 3. The molecule has 1 aliphatic rings. The molecule has 0 aliphatic carbocycles. The summed E-state index contributed by atoms with van der Waals surface area (Å²) in [7, 11) is -3.61. The maximum atomic E-state index is 12.6. The van der Waals surface area contributed by atoms with Crippen LogP contribution in [0.15, 0.2) is 23.2 Å². The van der Waals surface area contributed by atoms with E-state index in [1.54, 1.807) is 6.07 Å². The number of hydrogen-bond acceptors (Lipinski definition) is 4. The van der Waals surface area contributed by atoms with Gasteiger partial charge in [-0.3, -0.25) is 0 Å². The Bertz CT molecular complexity index is 612. The minimum atomic E-state index is -3.61. The Morgan fingerprint density at radius 3 is 2.60 bits per heavy atom. The number of nitriles is 1. The summed E-state index contributed by atoms with van der Waals surface area (Å²) in [4.78, 5) is 3.85. The van der Waals surface area contributed by atoms with Crippen LogP contribution < -0.4 is 0 Å². The van der Waals surface area contributed by atoms with Gasteiger partial charge in [-0.25, -0.2) is 13.4 Å².